The molecule has 0 radical (unpaired) electrons. The van der Waals surface area contributed by atoms with Gasteiger partial charge in [0.15, 0.2) is 0 Å². The van der Waals surface area contributed by atoms with Crippen molar-refractivity contribution >= 4 is 12.0 Å². The van der Waals surface area contributed by atoms with Crippen molar-refractivity contribution in [3.63, 3.8) is 0 Å². The molecule has 0 amide bonds. The number of phenolic OH excluding ortho intramolecular Hbond substituents is 1. The van der Waals surface area contributed by atoms with Crippen LogP contribution in [0.3, 0.4) is 0 Å². The number of carbonyl (C=O) groups is 1. The van der Waals surface area contributed by atoms with Crippen LogP contribution >= 0.6 is 0 Å². The van der Waals surface area contributed by atoms with Crippen molar-refractivity contribution in [1.82, 2.24) is 0 Å². The van der Waals surface area contributed by atoms with Gasteiger partial charge in [0.1, 0.15) is 5.75 Å². The molecule has 1 N–H and O–H groups in total. The van der Waals surface area contributed by atoms with Gasteiger partial charge in [0.05, 0.1) is 18.2 Å². The van der Waals surface area contributed by atoms with Gasteiger partial charge in [0, 0.05) is 12.0 Å². The Labute approximate surface area is 167 Å². The maximum Gasteiger partial charge on any atom is 0.305 e. The van der Waals surface area contributed by atoms with Crippen molar-refractivity contribution in [2.24, 2.45) is 5.92 Å². The van der Waals surface area contributed by atoms with E-state index in [-0.39, 0.29) is 17.6 Å². The summed E-state index contributed by atoms with van der Waals surface area (Å²) < 4.78 is 4.98. The number of carbonyl (C=O) groups excluding carboxylic acids is 1. The molecule has 2 aromatic carbocycles. The minimum atomic E-state index is -0.143. The fourth-order valence-electron chi connectivity index (χ4n) is 3.06. The Hall–Kier alpha value is -3.06. The van der Waals surface area contributed by atoms with E-state index in [2.05, 4.69) is 12.1 Å². The summed E-state index contributed by atoms with van der Waals surface area (Å²) in [6.07, 6.45) is 8.02. The Kier molecular flexibility index (Phi) is 8.81. The van der Waals surface area contributed by atoms with Gasteiger partial charge in [0.2, 0.25) is 0 Å². The van der Waals surface area contributed by atoms with Crippen LogP contribution in [0.15, 0.2) is 54.6 Å². The van der Waals surface area contributed by atoms with E-state index in [9.17, 15) is 9.90 Å². The number of hydrogen-bond acceptors (Lipinski definition) is 4. The smallest absolute Gasteiger partial charge is 0.305 e. The van der Waals surface area contributed by atoms with Crippen LogP contribution in [0.1, 0.15) is 49.3 Å². The molecule has 0 bridgehead atoms. The van der Waals surface area contributed by atoms with E-state index in [1.54, 1.807) is 12.1 Å². The van der Waals surface area contributed by atoms with Gasteiger partial charge in [-0.3, -0.25) is 4.79 Å². The fraction of sp³-hybridized carbons (Fsp3) is 0.333. The first kappa shape index (κ1) is 21.2. The third kappa shape index (κ3) is 7.28. The SMILES string of the molecule is CCOC(=O)CCCCC(C=Cc1ccccc1O)Cc1ccc(C#N)cc1. The maximum atomic E-state index is 11.5. The summed E-state index contributed by atoms with van der Waals surface area (Å²) in [4.78, 5) is 11.5. The number of rotatable bonds is 10. The van der Waals surface area contributed by atoms with Crippen LogP contribution in [0, 0.1) is 17.2 Å². The fourth-order valence-corrected chi connectivity index (χ4v) is 3.06. The van der Waals surface area contributed by atoms with Gasteiger partial charge in [-0.1, -0.05) is 48.9 Å². The van der Waals surface area contributed by atoms with Gasteiger partial charge >= 0.3 is 5.97 Å². The molecule has 0 aromatic heterocycles. The van der Waals surface area contributed by atoms with Gasteiger partial charge in [-0.2, -0.15) is 5.26 Å². The summed E-state index contributed by atoms with van der Waals surface area (Å²) in [5.41, 5.74) is 2.61. The van der Waals surface area contributed by atoms with Gasteiger partial charge < -0.3 is 9.84 Å². The van der Waals surface area contributed by atoms with Gasteiger partial charge in [0.25, 0.3) is 0 Å². The molecule has 0 saturated heterocycles. The second-order valence-electron chi connectivity index (χ2n) is 6.74. The third-order valence-electron chi connectivity index (χ3n) is 4.58. The summed E-state index contributed by atoms with van der Waals surface area (Å²) >= 11 is 0. The minimum absolute atomic E-state index is 0.143. The van der Waals surface area contributed by atoms with Crippen molar-refractivity contribution in [3.05, 3.63) is 71.3 Å². The van der Waals surface area contributed by atoms with E-state index in [4.69, 9.17) is 10.00 Å². The molecule has 0 aliphatic heterocycles. The highest BCUT2D eigenvalue weighted by Crippen LogP contribution is 2.22. The van der Waals surface area contributed by atoms with E-state index in [0.717, 1.165) is 36.8 Å². The lowest BCUT2D eigenvalue weighted by Gasteiger charge is -2.13. The van der Waals surface area contributed by atoms with Crippen molar-refractivity contribution in [3.8, 4) is 11.8 Å². The van der Waals surface area contributed by atoms with Gasteiger partial charge in [-0.25, -0.2) is 0 Å². The summed E-state index contributed by atoms with van der Waals surface area (Å²) in [5.74, 6) is 0.392. The summed E-state index contributed by atoms with van der Waals surface area (Å²) in [6.45, 7) is 2.23. The Bertz CT molecular complexity index is 818. The largest absolute Gasteiger partial charge is 0.507 e. The minimum Gasteiger partial charge on any atom is -0.507 e. The highest BCUT2D eigenvalue weighted by molar-refractivity contribution is 5.69. The van der Waals surface area contributed by atoms with Crippen LogP contribution < -0.4 is 0 Å². The predicted octanol–water partition coefficient (Wildman–Crippen LogP) is 5.26. The molecular weight excluding hydrogens is 350 g/mol. The Morgan fingerprint density at radius 1 is 1.18 bits per heavy atom. The maximum absolute atomic E-state index is 11.5. The Morgan fingerprint density at radius 3 is 2.61 bits per heavy atom. The lowest BCUT2D eigenvalue weighted by Crippen LogP contribution is -2.05. The number of benzene rings is 2. The zero-order chi connectivity index (χ0) is 20.2. The Balaban J connectivity index is 2.00. The number of unbranched alkanes of at least 4 members (excludes halogenated alkanes) is 1. The number of para-hydroxylation sites is 1. The molecule has 0 heterocycles. The molecule has 4 nitrogen and oxygen atoms in total. The summed E-state index contributed by atoms with van der Waals surface area (Å²) in [5, 5.41) is 18.9. The first-order valence-corrected chi connectivity index (χ1v) is 9.73. The molecular formula is C24H27NO3. The van der Waals surface area contributed by atoms with E-state index < -0.39 is 0 Å². The molecule has 0 aliphatic carbocycles. The second kappa shape index (κ2) is 11.6. The molecule has 0 spiro atoms. The van der Waals surface area contributed by atoms with E-state index in [0.29, 0.717) is 18.6 Å². The zero-order valence-electron chi connectivity index (χ0n) is 16.3. The monoisotopic (exact) mass is 377 g/mol. The number of allylic oxidation sites excluding steroid dienone is 1. The lowest BCUT2D eigenvalue weighted by atomic mass is 9.92. The van der Waals surface area contributed by atoms with Crippen molar-refractivity contribution < 1.29 is 14.6 Å². The van der Waals surface area contributed by atoms with Crippen LogP contribution in [0.4, 0.5) is 0 Å². The molecule has 4 heteroatoms. The number of ether oxygens (including phenoxy) is 1. The Morgan fingerprint density at radius 2 is 1.93 bits per heavy atom. The molecule has 0 saturated carbocycles. The topological polar surface area (TPSA) is 70.3 Å². The number of aromatic hydroxyl groups is 1. The van der Waals surface area contributed by atoms with Crippen molar-refractivity contribution in [1.29, 1.82) is 5.26 Å². The molecule has 1 unspecified atom stereocenters. The normalized spacial score (nSPS) is 11.9. The average Bonchev–Trinajstić information content (AvgIpc) is 2.71. The lowest BCUT2D eigenvalue weighted by molar-refractivity contribution is -0.143. The third-order valence-corrected chi connectivity index (χ3v) is 4.58. The van der Waals surface area contributed by atoms with Crippen LogP contribution in [0.2, 0.25) is 0 Å². The van der Waals surface area contributed by atoms with Crippen molar-refractivity contribution in [2.75, 3.05) is 6.61 Å². The quantitative estimate of drug-likeness (QED) is 0.453. The van der Waals surface area contributed by atoms with Gasteiger partial charge in [-0.05, 0) is 55.9 Å². The number of hydrogen-bond donors (Lipinski definition) is 1. The zero-order valence-corrected chi connectivity index (χ0v) is 16.3. The number of nitrogens with zero attached hydrogens (tertiary/aromatic N) is 1. The highest BCUT2D eigenvalue weighted by atomic mass is 16.5. The number of phenols is 1. The molecule has 2 rings (SSSR count). The van der Waals surface area contributed by atoms with Crippen LogP contribution in [0.5, 0.6) is 5.75 Å². The summed E-state index contributed by atoms with van der Waals surface area (Å²) in [6, 6.07) is 17.0. The highest BCUT2D eigenvalue weighted by Gasteiger charge is 2.09. The summed E-state index contributed by atoms with van der Waals surface area (Å²) in [7, 11) is 0. The van der Waals surface area contributed by atoms with Gasteiger partial charge in [-0.15, -0.1) is 0 Å². The van der Waals surface area contributed by atoms with Crippen LogP contribution in [0.25, 0.3) is 6.08 Å². The molecule has 0 fully saturated rings. The predicted molar refractivity (Wildman–Crippen MR) is 111 cm³/mol. The second-order valence-corrected chi connectivity index (χ2v) is 6.74. The van der Waals surface area contributed by atoms with E-state index in [1.807, 2.05) is 49.4 Å². The number of esters is 1. The standard InChI is InChI=1S/C24H27NO3/c1-2-28-24(27)10-6-3-7-19(15-16-22-8-4-5-9-23(22)26)17-20-11-13-21(18-25)14-12-20/h4-5,8-9,11-16,19,26H,2-3,6-7,10,17H2,1H3. The molecule has 2 aromatic rings. The van der Waals surface area contributed by atoms with Crippen LogP contribution in [-0.2, 0) is 16.0 Å². The first-order valence-electron chi connectivity index (χ1n) is 9.73. The molecule has 1 atom stereocenters. The molecule has 0 aliphatic rings. The molecule has 146 valence electrons. The molecule has 28 heavy (non-hydrogen) atoms. The van der Waals surface area contributed by atoms with Crippen molar-refractivity contribution in [2.45, 2.75) is 39.0 Å². The van der Waals surface area contributed by atoms with E-state index in [1.165, 1.54) is 0 Å². The first-order chi connectivity index (χ1) is 13.6. The number of nitriles is 1. The van der Waals surface area contributed by atoms with E-state index >= 15 is 0 Å². The average molecular weight is 377 g/mol. The van der Waals surface area contributed by atoms with Crippen LogP contribution in [-0.4, -0.2) is 17.7 Å².